The van der Waals surface area contributed by atoms with Crippen LogP contribution in [0.15, 0.2) is 18.2 Å². The van der Waals surface area contributed by atoms with Gasteiger partial charge in [0.05, 0.1) is 6.61 Å². The summed E-state index contributed by atoms with van der Waals surface area (Å²) in [7, 11) is 0. The van der Waals surface area contributed by atoms with Gasteiger partial charge in [-0.05, 0) is 56.1 Å². The van der Waals surface area contributed by atoms with Crippen LogP contribution in [0.2, 0.25) is 5.02 Å². The molecule has 0 aliphatic heterocycles. The molecule has 0 unspecified atom stereocenters. The van der Waals surface area contributed by atoms with E-state index < -0.39 is 0 Å². The highest BCUT2D eigenvalue weighted by Gasteiger charge is 2.00. The number of halogens is 1. The molecule has 1 N–H and O–H groups in total. The SMILES string of the molecule is Cc1cc(Cl)ccc1OCCCNCC(C)C. The number of aryl methyl sites for hydroxylation is 1. The normalized spacial score (nSPS) is 10.9. The van der Waals surface area contributed by atoms with Gasteiger partial charge in [0.1, 0.15) is 5.75 Å². The number of nitrogens with one attached hydrogen (secondary N) is 1. The summed E-state index contributed by atoms with van der Waals surface area (Å²) < 4.78 is 5.70. The van der Waals surface area contributed by atoms with Gasteiger partial charge in [-0.3, -0.25) is 0 Å². The summed E-state index contributed by atoms with van der Waals surface area (Å²) in [6.45, 7) is 9.25. The smallest absolute Gasteiger partial charge is 0.122 e. The van der Waals surface area contributed by atoms with Crippen molar-refractivity contribution < 1.29 is 4.74 Å². The van der Waals surface area contributed by atoms with Gasteiger partial charge in [-0.1, -0.05) is 25.4 Å². The summed E-state index contributed by atoms with van der Waals surface area (Å²) in [4.78, 5) is 0. The zero-order valence-electron chi connectivity index (χ0n) is 10.9. The largest absolute Gasteiger partial charge is 0.493 e. The van der Waals surface area contributed by atoms with Gasteiger partial charge in [0, 0.05) is 5.02 Å². The third kappa shape index (κ3) is 5.94. The summed E-state index contributed by atoms with van der Waals surface area (Å²) in [5.74, 6) is 1.63. The van der Waals surface area contributed by atoms with Gasteiger partial charge in [0.2, 0.25) is 0 Å². The van der Waals surface area contributed by atoms with Crippen LogP contribution in [0.3, 0.4) is 0 Å². The summed E-state index contributed by atoms with van der Waals surface area (Å²) in [6.07, 6.45) is 1.02. The first kappa shape index (κ1) is 14.3. The molecule has 0 spiro atoms. The van der Waals surface area contributed by atoms with Gasteiger partial charge in [-0.15, -0.1) is 0 Å². The Labute approximate surface area is 109 Å². The Morgan fingerprint density at radius 1 is 1.35 bits per heavy atom. The topological polar surface area (TPSA) is 21.3 Å². The number of hydrogen-bond donors (Lipinski definition) is 1. The van der Waals surface area contributed by atoms with Crippen molar-refractivity contribution in [3.05, 3.63) is 28.8 Å². The second-order valence-corrected chi connectivity index (χ2v) is 5.15. The van der Waals surface area contributed by atoms with Crippen molar-refractivity contribution in [3.63, 3.8) is 0 Å². The van der Waals surface area contributed by atoms with Gasteiger partial charge in [-0.2, -0.15) is 0 Å². The fourth-order valence-electron chi connectivity index (χ4n) is 1.54. The van der Waals surface area contributed by atoms with Crippen molar-refractivity contribution in [2.24, 2.45) is 5.92 Å². The first-order valence-electron chi connectivity index (χ1n) is 6.19. The number of rotatable bonds is 7. The minimum absolute atomic E-state index is 0.703. The highest BCUT2D eigenvalue weighted by atomic mass is 35.5. The lowest BCUT2D eigenvalue weighted by Crippen LogP contribution is -2.22. The molecule has 0 amide bonds. The number of hydrogen-bond acceptors (Lipinski definition) is 2. The highest BCUT2D eigenvalue weighted by Crippen LogP contribution is 2.21. The molecule has 17 heavy (non-hydrogen) atoms. The first-order chi connectivity index (χ1) is 8.09. The van der Waals surface area contributed by atoms with Gasteiger partial charge < -0.3 is 10.1 Å². The van der Waals surface area contributed by atoms with Gasteiger partial charge in [0.25, 0.3) is 0 Å². The summed E-state index contributed by atoms with van der Waals surface area (Å²) in [5, 5.41) is 4.15. The Hall–Kier alpha value is -0.730. The molecule has 0 aliphatic rings. The Balaban J connectivity index is 2.18. The predicted octanol–water partition coefficient (Wildman–Crippen LogP) is 3.66. The summed E-state index contributed by atoms with van der Waals surface area (Å²) in [5.41, 5.74) is 1.09. The lowest BCUT2D eigenvalue weighted by atomic mass is 10.2. The predicted molar refractivity (Wildman–Crippen MR) is 74.0 cm³/mol. The molecule has 2 nitrogen and oxygen atoms in total. The molecule has 0 radical (unpaired) electrons. The Morgan fingerprint density at radius 2 is 2.12 bits per heavy atom. The molecule has 1 aromatic rings. The standard InChI is InChI=1S/C14H22ClNO/c1-11(2)10-16-7-4-8-17-14-6-5-13(15)9-12(14)3/h5-6,9,11,16H,4,7-8,10H2,1-3H3. The molecule has 1 aromatic carbocycles. The van der Waals surface area contributed by atoms with Gasteiger partial charge in [0.15, 0.2) is 0 Å². The lowest BCUT2D eigenvalue weighted by Gasteiger charge is -2.10. The van der Waals surface area contributed by atoms with E-state index in [4.69, 9.17) is 16.3 Å². The Kier molecular flexibility index (Phi) is 6.38. The average molecular weight is 256 g/mol. The number of benzene rings is 1. The fourth-order valence-corrected chi connectivity index (χ4v) is 1.77. The second kappa shape index (κ2) is 7.57. The minimum atomic E-state index is 0.703. The van der Waals surface area contributed by atoms with Gasteiger partial charge in [-0.25, -0.2) is 0 Å². The van der Waals surface area contributed by atoms with E-state index in [-0.39, 0.29) is 0 Å². The fraction of sp³-hybridized carbons (Fsp3) is 0.571. The van der Waals surface area contributed by atoms with Crippen LogP contribution in [0.5, 0.6) is 5.75 Å². The molecular formula is C14H22ClNO. The van der Waals surface area contributed by atoms with E-state index in [9.17, 15) is 0 Å². The Bertz CT molecular complexity index is 339. The van der Waals surface area contributed by atoms with Crippen molar-refractivity contribution in [2.45, 2.75) is 27.2 Å². The molecule has 0 aliphatic carbocycles. The van der Waals surface area contributed by atoms with E-state index in [2.05, 4.69) is 19.2 Å². The van der Waals surface area contributed by atoms with E-state index in [1.54, 1.807) is 0 Å². The zero-order valence-corrected chi connectivity index (χ0v) is 11.7. The minimum Gasteiger partial charge on any atom is -0.493 e. The second-order valence-electron chi connectivity index (χ2n) is 4.71. The van der Waals surface area contributed by atoms with Crippen LogP contribution in [0.1, 0.15) is 25.8 Å². The molecule has 0 saturated heterocycles. The molecule has 1 rings (SSSR count). The van der Waals surface area contributed by atoms with Gasteiger partial charge >= 0.3 is 0 Å². The van der Waals surface area contributed by atoms with Crippen LogP contribution in [-0.4, -0.2) is 19.7 Å². The molecule has 3 heteroatoms. The third-order valence-corrected chi connectivity index (χ3v) is 2.68. The third-order valence-electron chi connectivity index (χ3n) is 2.45. The first-order valence-corrected chi connectivity index (χ1v) is 6.57. The summed E-state index contributed by atoms with van der Waals surface area (Å²) >= 11 is 5.88. The van der Waals surface area contributed by atoms with E-state index in [0.29, 0.717) is 5.92 Å². The molecule has 0 atom stereocenters. The van der Waals surface area contributed by atoms with E-state index in [1.807, 2.05) is 25.1 Å². The van der Waals surface area contributed by atoms with E-state index >= 15 is 0 Å². The van der Waals surface area contributed by atoms with E-state index in [1.165, 1.54) is 0 Å². The van der Waals surface area contributed by atoms with Crippen LogP contribution in [0.25, 0.3) is 0 Å². The zero-order chi connectivity index (χ0) is 12.7. The van der Waals surface area contributed by atoms with Crippen LogP contribution >= 0.6 is 11.6 Å². The quantitative estimate of drug-likeness (QED) is 0.751. The lowest BCUT2D eigenvalue weighted by molar-refractivity contribution is 0.305. The average Bonchev–Trinajstić information content (AvgIpc) is 2.25. The maximum atomic E-state index is 5.88. The highest BCUT2D eigenvalue weighted by molar-refractivity contribution is 6.30. The Morgan fingerprint density at radius 3 is 2.76 bits per heavy atom. The maximum absolute atomic E-state index is 5.88. The molecule has 96 valence electrons. The van der Waals surface area contributed by atoms with Crippen molar-refractivity contribution in [1.82, 2.24) is 5.32 Å². The van der Waals surface area contributed by atoms with Crippen LogP contribution in [0.4, 0.5) is 0 Å². The molecule has 0 aromatic heterocycles. The molecule has 0 saturated carbocycles. The van der Waals surface area contributed by atoms with Crippen LogP contribution in [0, 0.1) is 12.8 Å². The molecule has 0 heterocycles. The monoisotopic (exact) mass is 255 g/mol. The summed E-state index contributed by atoms with van der Waals surface area (Å²) in [6, 6.07) is 5.72. The van der Waals surface area contributed by atoms with E-state index in [0.717, 1.165) is 42.5 Å². The maximum Gasteiger partial charge on any atom is 0.122 e. The van der Waals surface area contributed by atoms with Crippen LogP contribution < -0.4 is 10.1 Å². The van der Waals surface area contributed by atoms with Crippen LogP contribution in [-0.2, 0) is 0 Å². The van der Waals surface area contributed by atoms with Crippen molar-refractivity contribution in [2.75, 3.05) is 19.7 Å². The molecule has 0 fully saturated rings. The van der Waals surface area contributed by atoms with Crippen molar-refractivity contribution >= 4 is 11.6 Å². The number of ether oxygens (including phenoxy) is 1. The molecular weight excluding hydrogens is 234 g/mol. The van der Waals surface area contributed by atoms with Crippen molar-refractivity contribution in [1.29, 1.82) is 0 Å². The van der Waals surface area contributed by atoms with Crippen molar-refractivity contribution in [3.8, 4) is 5.75 Å². The molecule has 0 bridgehead atoms.